The fourth-order valence-corrected chi connectivity index (χ4v) is 2.80. The first-order chi connectivity index (χ1) is 10.6. The van der Waals surface area contributed by atoms with Crippen LogP contribution in [0.5, 0.6) is 0 Å². The molecule has 5 heteroatoms. The molecular formula is C17H25N3O2. The molecule has 0 spiro atoms. The summed E-state index contributed by atoms with van der Waals surface area (Å²) in [6, 6.07) is 9.24. The van der Waals surface area contributed by atoms with Crippen LogP contribution in [0.2, 0.25) is 0 Å². The van der Waals surface area contributed by atoms with E-state index < -0.39 is 0 Å². The zero-order chi connectivity index (χ0) is 15.8. The van der Waals surface area contributed by atoms with Gasteiger partial charge in [-0.25, -0.2) is 4.79 Å². The number of carbonyl (C=O) groups is 2. The van der Waals surface area contributed by atoms with Gasteiger partial charge in [-0.15, -0.1) is 0 Å². The van der Waals surface area contributed by atoms with E-state index in [0.717, 1.165) is 12.1 Å². The van der Waals surface area contributed by atoms with E-state index in [1.54, 1.807) is 0 Å². The molecule has 0 aromatic heterocycles. The van der Waals surface area contributed by atoms with Crippen LogP contribution in [0.3, 0.4) is 0 Å². The van der Waals surface area contributed by atoms with Crippen molar-refractivity contribution in [2.75, 3.05) is 11.9 Å². The minimum absolute atomic E-state index is 0.0127. The molecule has 1 aromatic carbocycles. The molecule has 2 rings (SSSR count). The van der Waals surface area contributed by atoms with Gasteiger partial charge < -0.3 is 16.0 Å². The molecule has 0 saturated heterocycles. The van der Waals surface area contributed by atoms with Gasteiger partial charge in [0.05, 0.1) is 0 Å². The molecule has 3 N–H and O–H groups in total. The Balaban J connectivity index is 1.63. The topological polar surface area (TPSA) is 70.2 Å². The largest absolute Gasteiger partial charge is 0.353 e. The van der Waals surface area contributed by atoms with Crippen LogP contribution in [0, 0.1) is 5.92 Å². The lowest BCUT2D eigenvalue weighted by Gasteiger charge is -2.29. The first-order valence-electron chi connectivity index (χ1n) is 8.04. The Morgan fingerprint density at radius 3 is 2.59 bits per heavy atom. The quantitative estimate of drug-likeness (QED) is 0.783. The molecule has 1 aliphatic rings. The molecule has 1 fully saturated rings. The molecule has 2 atom stereocenters. The van der Waals surface area contributed by atoms with E-state index in [-0.39, 0.29) is 11.9 Å². The number of hydrogen-bond acceptors (Lipinski definition) is 2. The predicted molar refractivity (Wildman–Crippen MR) is 87.6 cm³/mol. The highest BCUT2D eigenvalue weighted by Crippen LogP contribution is 2.23. The summed E-state index contributed by atoms with van der Waals surface area (Å²) >= 11 is 0. The second-order valence-corrected chi connectivity index (χ2v) is 5.93. The Morgan fingerprint density at radius 1 is 1.14 bits per heavy atom. The summed E-state index contributed by atoms with van der Waals surface area (Å²) in [7, 11) is 0. The number of amides is 3. The van der Waals surface area contributed by atoms with Crippen LogP contribution in [-0.4, -0.2) is 24.5 Å². The van der Waals surface area contributed by atoms with E-state index in [0.29, 0.717) is 24.9 Å². The molecular weight excluding hydrogens is 278 g/mol. The number of para-hydroxylation sites is 1. The van der Waals surface area contributed by atoms with Crippen molar-refractivity contribution in [1.82, 2.24) is 10.6 Å². The first kappa shape index (κ1) is 16.3. The monoisotopic (exact) mass is 303 g/mol. The third-order valence-corrected chi connectivity index (χ3v) is 4.13. The van der Waals surface area contributed by atoms with Gasteiger partial charge in [-0.1, -0.05) is 38.0 Å². The van der Waals surface area contributed by atoms with Gasteiger partial charge in [0.15, 0.2) is 0 Å². The van der Waals surface area contributed by atoms with Crippen molar-refractivity contribution in [3.63, 3.8) is 0 Å². The number of carbonyl (C=O) groups excluding carboxylic acids is 2. The van der Waals surface area contributed by atoms with E-state index in [1.165, 1.54) is 19.3 Å². The fraction of sp³-hybridized carbons (Fsp3) is 0.529. The predicted octanol–water partition coefficient (Wildman–Crippen LogP) is 2.89. The Labute approximate surface area is 131 Å². The Kier molecular flexibility index (Phi) is 6.25. The lowest BCUT2D eigenvalue weighted by Crippen LogP contribution is -2.42. The highest BCUT2D eigenvalue weighted by atomic mass is 16.2. The van der Waals surface area contributed by atoms with Crippen molar-refractivity contribution in [2.45, 2.75) is 45.1 Å². The van der Waals surface area contributed by atoms with Gasteiger partial charge in [0, 0.05) is 24.7 Å². The van der Waals surface area contributed by atoms with Gasteiger partial charge in [-0.2, -0.15) is 0 Å². The first-order valence-corrected chi connectivity index (χ1v) is 8.04. The molecule has 0 heterocycles. The third kappa shape index (κ3) is 5.39. The molecule has 1 aromatic rings. The number of benzene rings is 1. The van der Waals surface area contributed by atoms with E-state index in [4.69, 9.17) is 0 Å². The summed E-state index contributed by atoms with van der Waals surface area (Å²) in [6.07, 6.45) is 5.00. The molecule has 0 radical (unpaired) electrons. The summed E-state index contributed by atoms with van der Waals surface area (Å²) in [5.41, 5.74) is 0.737. The molecule has 3 amide bonds. The summed E-state index contributed by atoms with van der Waals surface area (Å²) in [5, 5.41) is 8.50. The molecule has 0 bridgehead atoms. The Hall–Kier alpha value is -2.04. The van der Waals surface area contributed by atoms with Crippen LogP contribution < -0.4 is 16.0 Å². The van der Waals surface area contributed by atoms with Crippen molar-refractivity contribution in [3.05, 3.63) is 30.3 Å². The van der Waals surface area contributed by atoms with E-state index in [2.05, 4.69) is 22.9 Å². The van der Waals surface area contributed by atoms with Crippen LogP contribution in [-0.2, 0) is 4.79 Å². The second kappa shape index (κ2) is 8.41. The number of rotatable bonds is 5. The minimum atomic E-state index is -0.287. The van der Waals surface area contributed by atoms with Gasteiger partial charge >= 0.3 is 6.03 Å². The van der Waals surface area contributed by atoms with Gasteiger partial charge in [0.1, 0.15) is 0 Å². The van der Waals surface area contributed by atoms with Crippen molar-refractivity contribution in [2.24, 2.45) is 5.92 Å². The lowest BCUT2D eigenvalue weighted by molar-refractivity contribution is -0.122. The van der Waals surface area contributed by atoms with Crippen molar-refractivity contribution in [3.8, 4) is 0 Å². The van der Waals surface area contributed by atoms with Gasteiger partial charge in [-0.05, 0) is 30.9 Å². The van der Waals surface area contributed by atoms with Crippen molar-refractivity contribution in [1.29, 1.82) is 0 Å². The molecule has 5 nitrogen and oxygen atoms in total. The fourth-order valence-electron chi connectivity index (χ4n) is 2.80. The number of urea groups is 1. The van der Waals surface area contributed by atoms with Gasteiger partial charge in [0.2, 0.25) is 5.91 Å². The third-order valence-electron chi connectivity index (χ3n) is 4.13. The van der Waals surface area contributed by atoms with Crippen LogP contribution in [0.1, 0.15) is 39.0 Å². The summed E-state index contributed by atoms with van der Waals surface area (Å²) in [6.45, 7) is 2.53. The summed E-state index contributed by atoms with van der Waals surface area (Å²) in [4.78, 5) is 23.6. The average molecular weight is 303 g/mol. The number of anilines is 1. The SMILES string of the molecule is CC1CCCCC1NC(=O)CCNC(=O)Nc1ccccc1. The summed E-state index contributed by atoms with van der Waals surface area (Å²) in [5.74, 6) is 0.561. The van der Waals surface area contributed by atoms with Crippen LogP contribution in [0.15, 0.2) is 30.3 Å². The minimum Gasteiger partial charge on any atom is -0.353 e. The maximum absolute atomic E-state index is 11.9. The van der Waals surface area contributed by atoms with Crippen LogP contribution >= 0.6 is 0 Å². The molecule has 0 aliphatic heterocycles. The second-order valence-electron chi connectivity index (χ2n) is 5.93. The Morgan fingerprint density at radius 2 is 1.86 bits per heavy atom. The Bertz CT molecular complexity index is 490. The number of nitrogens with one attached hydrogen (secondary N) is 3. The molecule has 120 valence electrons. The number of hydrogen-bond donors (Lipinski definition) is 3. The zero-order valence-corrected chi connectivity index (χ0v) is 13.1. The van der Waals surface area contributed by atoms with E-state index >= 15 is 0 Å². The average Bonchev–Trinajstić information content (AvgIpc) is 2.50. The zero-order valence-electron chi connectivity index (χ0n) is 13.1. The van der Waals surface area contributed by atoms with Gasteiger partial charge in [0.25, 0.3) is 0 Å². The van der Waals surface area contributed by atoms with E-state index in [1.807, 2.05) is 30.3 Å². The van der Waals surface area contributed by atoms with Crippen LogP contribution in [0.4, 0.5) is 10.5 Å². The maximum Gasteiger partial charge on any atom is 0.319 e. The summed E-state index contributed by atoms with van der Waals surface area (Å²) < 4.78 is 0. The normalized spacial score (nSPS) is 21.0. The van der Waals surface area contributed by atoms with Crippen LogP contribution in [0.25, 0.3) is 0 Å². The smallest absolute Gasteiger partial charge is 0.319 e. The van der Waals surface area contributed by atoms with Crippen molar-refractivity contribution >= 4 is 17.6 Å². The van der Waals surface area contributed by atoms with E-state index in [9.17, 15) is 9.59 Å². The standard InChI is InChI=1S/C17H25N3O2/c1-13-7-5-6-10-15(13)20-16(21)11-12-18-17(22)19-14-8-3-2-4-9-14/h2-4,8-9,13,15H,5-7,10-12H2,1H3,(H,20,21)(H2,18,19,22). The molecule has 1 aliphatic carbocycles. The molecule has 1 saturated carbocycles. The molecule has 22 heavy (non-hydrogen) atoms. The maximum atomic E-state index is 11.9. The highest BCUT2D eigenvalue weighted by molar-refractivity contribution is 5.89. The van der Waals surface area contributed by atoms with Gasteiger partial charge in [-0.3, -0.25) is 4.79 Å². The highest BCUT2D eigenvalue weighted by Gasteiger charge is 2.22. The van der Waals surface area contributed by atoms with Crippen molar-refractivity contribution < 1.29 is 9.59 Å². The lowest BCUT2D eigenvalue weighted by atomic mass is 9.86. The molecule has 2 unspecified atom stereocenters.